The van der Waals surface area contributed by atoms with Crippen molar-refractivity contribution in [2.24, 2.45) is 56.2 Å². The average molecular weight is 782 g/mol. The molecule has 0 unspecified atom stereocenters. The van der Waals surface area contributed by atoms with Crippen molar-refractivity contribution in [1.29, 1.82) is 0 Å². The zero-order valence-corrected chi connectivity index (χ0v) is 36.6. The number of Topliss-reactive ketones (excluding diaryl/α,β-unsaturated/α-hetero) is 1. The molecule has 1 aromatic rings. The third-order valence-corrected chi connectivity index (χ3v) is 17.3. The van der Waals surface area contributed by atoms with Gasteiger partial charge in [0, 0.05) is 48.8 Å². The van der Waals surface area contributed by atoms with Gasteiger partial charge >= 0.3 is 11.9 Å². The van der Waals surface area contributed by atoms with Crippen molar-refractivity contribution in [3.8, 4) is 0 Å². The summed E-state index contributed by atoms with van der Waals surface area (Å²) in [7, 11) is 4.17. The number of carboxylic acids is 1. The first-order valence-electron chi connectivity index (χ1n) is 21.2. The number of aliphatic carboxylic acids is 1. The summed E-state index contributed by atoms with van der Waals surface area (Å²) in [6.45, 7) is 22.6. The molecule has 1 aromatic heterocycles. The first kappa shape index (κ1) is 42.5. The summed E-state index contributed by atoms with van der Waals surface area (Å²) in [6, 6.07) is 0. The van der Waals surface area contributed by atoms with E-state index in [-0.39, 0.29) is 51.8 Å². The Morgan fingerprint density at radius 3 is 2.31 bits per heavy atom. The maximum atomic E-state index is 14.3. The quantitative estimate of drug-likeness (QED) is 0.191. The number of esters is 1. The molecule has 308 valence electrons. The molecule has 0 aromatic carbocycles. The molecule has 1 heterocycles. The topological polar surface area (TPSA) is 120 Å². The Hall–Kier alpha value is -2.14. The van der Waals surface area contributed by atoms with Crippen molar-refractivity contribution in [3.05, 3.63) is 27.7 Å². The Labute approximate surface area is 335 Å². The molecule has 0 aliphatic heterocycles. The normalized spacial score (nSPS) is 36.4. The monoisotopic (exact) mass is 782 g/mol. The van der Waals surface area contributed by atoms with Gasteiger partial charge in [0.2, 0.25) is 0 Å². The highest BCUT2D eigenvalue weighted by molar-refractivity contribution is 7.07. The summed E-state index contributed by atoms with van der Waals surface area (Å²) < 4.78 is 6.19. The van der Waals surface area contributed by atoms with E-state index in [0.717, 1.165) is 75.7 Å². The van der Waals surface area contributed by atoms with Crippen LogP contribution in [0.3, 0.4) is 0 Å². The smallest absolute Gasteiger partial charge is 0.309 e. The number of ether oxygens (including phenoxy) is 1. The van der Waals surface area contributed by atoms with Gasteiger partial charge in [-0.25, -0.2) is 4.98 Å². The Kier molecular flexibility index (Phi) is 11.5. The summed E-state index contributed by atoms with van der Waals surface area (Å²) in [5.74, 6) is 0.0503. The number of aliphatic hydroxyl groups excluding tert-OH is 1. The van der Waals surface area contributed by atoms with Gasteiger partial charge in [-0.3, -0.25) is 19.3 Å². The zero-order chi connectivity index (χ0) is 40.5. The molecular weight excluding hydrogens is 711 g/mol. The highest BCUT2D eigenvalue weighted by Crippen LogP contribution is 2.77. The van der Waals surface area contributed by atoms with Crippen LogP contribution in [0.5, 0.6) is 0 Å². The second kappa shape index (κ2) is 14.9. The van der Waals surface area contributed by atoms with E-state index in [1.165, 1.54) is 5.57 Å². The molecule has 9 nitrogen and oxygen atoms in total. The minimum atomic E-state index is -1.17. The van der Waals surface area contributed by atoms with Crippen molar-refractivity contribution in [2.75, 3.05) is 33.7 Å². The molecule has 55 heavy (non-hydrogen) atoms. The van der Waals surface area contributed by atoms with Crippen LogP contribution in [0.4, 0.5) is 0 Å². The molecule has 0 bridgehead atoms. The molecule has 2 N–H and O–H groups in total. The fourth-order valence-corrected chi connectivity index (χ4v) is 14.0. The van der Waals surface area contributed by atoms with Gasteiger partial charge in [-0.1, -0.05) is 54.0 Å². The van der Waals surface area contributed by atoms with Crippen LogP contribution in [0.25, 0.3) is 0 Å². The summed E-state index contributed by atoms with van der Waals surface area (Å²) >= 11 is 1.60. The second-order valence-electron chi connectivity index (χ2n) is 21.1. The largest absolute Gasteiger partial charge is 0.481 e. The standard InChI is InChI=1S/C45H71N3O6S/c1-28(2)37-31(49)22-45(34(50)25-48(21-20-47(10)11)24-29-26-55-27-46-29)19-18-43(8)30(38(37)45)12-13-33-42(7)16-15-35(54-36(51)23-40(3,4)39(52)53)41(5,6)32(42)14-17-44(33,43)9/h26-28,30,32-35,50H,12-25H2,1-11H3,(H,52,53)/t30-,32+,33-,34+,35+,42+,43-,44-,45+/m1/s1. The first-order valence-corrected chi connectivity index (χ1v) is 22.1. The van der Waals surface area contributed by atoms with Gasteiger partial charge in [0.25, 0.3) is 0 Å². The van der Waals surface area contributed by atoms with E-state index < -0.39 is 28.9 Å². The molecular formula is C45H71N3O6S. The number of fused-ring (bicyclic) bond motifs is 7. The van der Waals surface area contributed by atoms with Gasteiger partial charge in [-0.15, -0.1) is 11.3 Å². The Bertz CT molecular complexity index is 1650. The van der Waals surface area contributed by atoms with Crippen molar-refractivity contribution < 1.29 is 29.3 Å². The van der Waals surface area contributed by atoms with E-state index in [9.17, 15) is 24.6 Å². The number of thiazole rings is 1. The number of ketones is 1. The number of nitrogens with zero attached hydrogens (tertiary/aromatic N) is 3. The highest BCUT2D eigenvalue weighted by atomic mass is 32.1. The number of carboxylic acid groups (broad SMARTS) is 1. The fourth-order valence-electron chi connectivity index (χ4n) is 13.5. The number of carbonyl (C=O) groups excluding carboxylic acids is 2. The molecule has 10 heteroatoms. The lowest BCUT2D eigenvalue weighted by molar-refractivity contribution is -0.235. The number of aromatic nitrogens is 1. The molecule has 0 spiro atoms. The fraction of sp³-hybridized carbons (Fsp3) is 0.822. The van der Waals surface area contributed by atoms with Crippen LogP contribution in [0, 0.1) is 56.2 Å². The summed E-state index contributed by atoms with van der Waals surface area (Å²) in [5.41, 5.74) is 3.35. The van der Waals surface area contributed by atoms with E-state index in [1.807, 2.05) is 5.51 Å². The number of allylic oxidation sites excluding steroid dienone is 1. The summed E-state index contributed by atoms with van der Waals surface area (Å²) in [4.78, 5) is 48.3. The lowest BCUT2D eigenvalue weighted by Crippen LogP contribution is -2.66. The van der Waals surface area contributed by atoms with Crippen molar-refractivity contribution in [1.82, 2.24) is 14.8 Å². The van der Waals surface area contributed by atoms with Crippen molar-refractivity contribution in [3.63, 3.8) is 0 Å². The molecule has 5 aliphatic carbocycles. The Morgan fingerprint density at radius 2 is 1.69 bits per heavy atom. The summed E-state index contributed by atoms with van der Waals surface area (Å²) in [5, 5.41) is 24.3. The van der Waals surface area contributed by atoms with Gasteiger partial charge < -0.3 is 19.8 Å². The number of rotatable bonds is 13. The van der Waals surface area contributed by atoms with Gasteiger partial charge in [0.05, 0.1) is 29.1 Å². The van der Waals surface area contributed by atoms with Gasteiger partial charge in [0.1, 0.15) is 6.10 Å². The number of likely N-dealkylation sites (N-methyl/N-ethyl adjacent to an activating group) is 1. The van der Waals surface area contributed by atoms with Crippen LogP contribution in [-0.2, 0) is 25.7 Å². The third-order valence-electron chi connectivity index (χ3n) is 16.7. The van der Waals surface area contributed by atoms with Gasteiger partial charge in [0.15, 0.2) is 5.78 Å². The van der Waals surface area contributed by atoms with E-state index >= 15 is 0 Å². The molecule has 0 saturated heterocycles. The molecule has 9 atom stereocenters. The van der Waals surface area contributed by atoms with Crippen LogP contribution in [0.1, 0.15) is 132 Å². The van der Waals surface area contributed by atoms with Crippen LogP contribution in [0.15, 0.2) is 22.0 Å². The SMILES string of the molecule is CC(C)C1=C2[C@H]3CC[C@@H]4[C@@]5(C)CC[C@H](OC(=O)CC(C)(C)C(=O)O)C(C)(C)[C@@H]5CC[C@@]4(C)[C@]3(C)CC[C@@]2([C@@H](O)CN(CCN(C)C)Cc2cscn2)CC1=O. The first-order chi connectivity index (χ1) is 25.5. The van der Waals surface area contributed by atoms with Crippen molar-refractivity contribution in [2.45, 2.75) is 145 Å². The Morgan fingerprint density at radius 1 is 0.982 bits per heavy atom. The zero-order valence-electron chi connectivity index (χ0n) is 35.8. The highest BCUT2D eigenvalue weighted by Gasteiger charge is 2.71. The van der Waals surface area contributed by atoms with E-state index in [4.69, 9.17) is 4.74 Å². The van der Waals surface area contributed by atoms with Gasteiger partial charge in [-0.05, 0) is 125 Å². The number of hydrogen-bond donors (Lipinski definition) is 2. The van der Waals surface area contributed by atoms with Crippen molar-refractivity contribution >= 4 is 29.1 Å². The second-order valence-corrected chi connectivity index (χ2v) is 21.8. The van der Waals surface area contributed by atoms with Crippen LogP contribution >= 0.6 is 11.3 Å². The minimum Gasteiger partial charge on any atom is -0.481 e. The lowest BCUT2D eigenvalue weighted by Gasteiger charge is -2.72. The number of hydrogen-bond acceptors (Lipinski definition) is 9. The van der Waals surface area contributed by atoms with E-state index in [0.29, 0.717) is 31.3 Å². The predicted octanol–water partition coefficient (Wildman–Crippen LogP) is 8.26. The Balaban J connectivity index is 1.28. The molecule has 4 fully saturated rings. The third kappa shape index (κ3) is 7.09. The number of carbonyl (C=O) groups is 3. The minimum absolute atomic E-state index is 0.0196. The molecule has 6 rings (SSSR count). The van der Waals surface area contributed by atoms with E-state index in [1.54, 1.807) is 25.2 Å². The van der Waals surface area contributed by atoms with Crippen LogP contribution < -0.4 is 0 Å². The maximum Gasteiger partial charge on any atom is 0.309 e. The molecule has 5 aliphatic rings. The average Bonchev–Trinajstić information content (AvgIpc) is 3.70. The lowest BCUT2D eigenvalue weighted by atomic mass is 9.33. The van der Waals surface area contributed by atoms with Crippen LogP contribution in [-0.4, -0.2) is 88.7 Å². The molecule has 0 amide bonds. The van der Waals surface area contributed by atoms with Gasteiger partial charge in [-0.2, -0.15) is 0 Å². The molecule has 0 radical (unpaired) electrons. The number of aliphatic hydroxyl groups is 1. The van der Waals surface area contributed by atoms with Crippen LogP contribution in [0.2, 0.25) is 0 Å². The predicted molar refractivity (Wildman–Crippen MR) is 217 cm³/mol. The maximum absolute atomic E-state index is 14.3. The van der Waals surface area contributed by atoms with E-state index in [2.05, 4.69) is 82.7 Å². The molecule has 4 saturated carbocycles. The summed E-state index contributed by atoms with van der Waals surface area (Å²) in [6.07, 6.45) is 7.22.